The van der Waals surface area contributed by atoms with Crippen molar-refractivity contribution in [2.45, 2.75) is 44.2 Å². The SMILES string of the molecule is O=C(NCc1ccc(C(F)(F)F)cc1)[C@H]1CC2(CC2)CN1.O=C(O)C(F)(F)F. The summed E-state index contributed by atoms with van der Waals surface area (Å²) in [6, 6.07) is 4.70. The zero-order valence-corrected chi connectivity index (χ0v) is 14.5. The molecule has 1 saturated heterocycles. The van der Waals surface area contributed by atoms with Gasteiger partial charge in [-0.2, -0.15) is 26.3 Å². The number of alkyl halides is 6. The van der Waals surface area contributed by atoms with Gasteiger partial charge >= 0.3 is 18.3 Å². The fourth-order valence-corrected chi connectivity index (χ4v) is 2.78. The van der Waals surface area contributed by atoms with Gasteiger partial charge in [0.25, 0.3) is 0 Å². The molecule has 11 heteroatoms. The van der Waals surface area contributed by atoms with Crippen molar-refractivity contribution in [3.8, 4) is 0 Å². The van der Waals surface area contributed by atoms with Gasteiger partial charge < -0.3 is 15.7 Å². The van der Waals surface area contributed by atoms with Gasteiger partial charge in [0.1, 0.15) is 0 Å². The fourth-order valence-electron chi connectivity index (χ4n) is 2.78. The highest BCUT2D eigenvalue weighted by Crippen LogP contribution is 2.51. The molecule has 1 spiro atoms. The summed E-state index contributed by atoms with van der Waals surface area (Å²) in [4.78, 5) is 20.9. The molecule has 1 atom stereocenters. The van der Waals surface area contributed by atoms with Crippen molar-refractivity contribution in [2.75, 3.05) is 6.54 Å². The third kappa shape index (κ3) is 6.11. The van der Waals surface area contributed by atoms with Crippen LogP contribution >= 0.6 is 0 Å². The predicted molar refractivity (Wildman–Crippen MR) is 85.1 cm³/mol. The van der Waals surface area contributed by atoms with Gasteiger partial charge in [0.2, 0.25) is 5.91 Å². The summed E-state index contributed by atoms with van der Waals surface area (Å²) in [6.07, 6.45) is -6.18. The molecule has 3 N–H and O–H groups in total. The van der Waals surface area contributed by atoms with Crippen molar-refractivity contribution in [3.63, 3.8) is 0 Å². The number of amides is 1. The maximum absolute atomic E-state index is 12.4. The molecule has 1 aromatic carbocycles. The quantitative estimate of drug-likeness (QED) is 0.667. The molecule has 3 rings (SSSR count). The second kappa shape index (κ2) is 7.98. The minimum atomic E-state index is -5.08. The fraction of sp³-hybridized carbons (Fsp3) is 0.529. The van der Waals surface area contributed by atoms with E-state index in [0.717, 1.165) is 25.1 Å². The topological polar surface area (TPSA) is 78.4 Å². The number of halogens is 6. The van der Waals surface area contributed by atoms with Gasteiger partial charge in [0, 0.05) is 13.1 Å². The number of rotatable bonds is 3. The van der Waals surface area contributed by atoms with Gasteiger partial charge in [0.05, 0.1) is 11.6 Å². The molecule has 1 saturated carbocycles. The van der Waals surface area contributed by atoms with Gasteiger partial charge in [-0.15, -0.1) is 0 Å². The molecular formula is C17H18F6N2O3. The van der Waals surface area contributed by atoms with Crippen LogP contribution in [0.2, 0.25) is 0 Å². The molecule has 0 bridgehead atoms. The lowest BCUT2D eigenvalue weighted by molar-refractivity contribution is -0.192. The molecule has 2 aliphatic rings. The highest BCUT2D eigenvalue weighted by atomic mass is 19.4. The summed E-state index contributed by atoms with van der Waals surface area (Å²) in [7, 11) is 0. The summed E-state index contributed by atoms with van der Waals surface area (Å²) < 4.78 is 69.1. The summed E-state index contributed by atoms with van der Waals surface area (Å²) in [5.41, 5.74) is 0.331. The third-order valence-corrected chi connectivity index (χ3v) is 4.62. The molecule has 156 valence electrons. The second-order valence-electron chi connectivity index (χ2n) is 6.85. The smallest absolute Gasteiger partial charge is 0.475 e. The second-order valence-corrected chi connectivity index (χ2v) is 6.85. The Hall–Kier alpha value is -2.30. The van der Waals surface area contributed by atoms with Crippen LogP contribution < -0.4 is 10.6 Å². The van der Waals surface area contributed by atoms with E-state index < -0.39 is 23.9 Å². The van der Waals surface area contributed by atoms with E-state index in [9.17, 15) is 31.1 Å². The van der Waals surface area contributed by atoms with Gasteiger partial charge in [-0.1, -0.05) is 12.1 Å². The lowest BCUT2D eigenvalue weighted by Crippen LogP contribution is -2.40. The Morgan fingerprint density at radius 2 is 1.64 bits per heavy atom. The van der Waals surface area contributed by atoms with Crippen LogP contribution in [0.25, 0.3) is 0 Å². The zero-order valence-electron chi connectivity index (χ0n) is 14.5. The molecule has 1 heterocycles. The Balaban J connectivity index is 0.000000345. The Kier molecular flexibility index (Phi) is 6.27. The predicted octanol–water partition coefficient (Wildman–Crippen LogP) is 3.10. The first-order chi connectivity index (χ1) is 12.8. The van der Waals surface area contributed by atoms with Crippen LogP contribution in [0.3, 0.4) is 0 Å². The largest absolute Gasteiger partial charge is 0.490 e. The molecule has 1 aliphatic carbocycles. The van der Waals surface area contributed by atoms with Crippen LogP contribution in [0.4, 0.5) is 26.3 Å². The summed E-state index contributed by atoms with van der Waals surface area (Å²) in [5.74, 6) is -2.83. The zero-order chi connectivity index (χ0) is 21.2. The molecule has 5 nitrogen and oxygen atoms in total. The van der Waals surface area contributed by atoms with Crippen molar-refractivity contribution in [2.24, 2.45) is 5.41 Å². The van der Waals surface area contributed by atoms with Gasteiger partial charge in [-0.3, -0.25) is 4.79 Å². The normalized spacial score (nSPS) is 20.3. The number of carbonyl (C=O) groups is 2. The van der Waals surface area contributed by atoms with Crippen molar-refractivity contribution in [1.82, 2.24) is 10.6 Å². The monoisotopic (exact) mass is 412 g/mol. The average Bonchev–Trinajstić information content (AvgIpc) is 3.21. The first kappa shape index (κ1) is 22.0. The maximum atomic E-state index is 12.4. The molecular weight excluding hydrogens is 394 g/mol. The Morgan fingerprint density at radius 3 is 2.04 bits per heavy atom. The molecule has 0 aromatic heterocycles. The third-order valence-electron chi connectivity index (χ3n) is 4.62. The van der Waals surface area contributed by atoms with Gasteiger partial charge in [-0.25, -0.2) is 4.79 Å². The van der Waals surface area contributed by atoms with Crippen molar-refractivity contribution in [1.29, 1.82) is 0 Å². The molecule has 1 aliphatic heterocycles. The lowest BCUT2D eigenvalue weighted by atomic mass is 10.0. The summed E-state index contributed by atoms with van der Waals surface area (Å²) in [6.45, 7) is 1.15. The van der Waals surface area contributed by atoms with Crippen LogP contribution in [0, 0.1) is 5.41 Å². The van der Waals surface area contributed by atoms with E-state index in [2.05, 4.69) is 10.6 Å². The van der Waals surface area contributed by atoms with Crippen molar-refractivity contribution in [3.05, 3.63) is 35.4 Å². The van der Waals surface area contributed by atoms with Crippen LogP contribution in [0.1, 0.15) is 30.4 Å². The van der Waals surface area contributed by atoms with E-state index in [1.807, 2.05) is 0 Å². The molecule has 1 amide bonds. The standard InChI is InChI=1S/C15H17F3N2O.C2HF3O2/c16-15(17,18)11-3-1-10(2-4-11)8-19-13(21)12-7-14(5-6-14)9-20-12;3-2(4,5)1(6)7/h1-4,12,20H,5-9H2,(H,19,21);(H,6,7)/t12-;/m1./s1. The molecule has 0 radical (unpaired) electrons. The van der Waals surface area contributed by atoms with E-state index in [4.69, 9.17) is 9.90 Å². The molecule has 0 unspecified atom stereocenters. The minimum absolute atomic E-state index is 0.0707. The molecule has 1 aromatic rings. The Labute approximate surface area is 156 Å². The minimum Gasteiger partial charge on any atom is -0.475 e. The van der Waals surface area contributed by atoms with E-state index in [0.29, 0.717) is 11.0 Å². The van der Waals surface area contributed by atoms with Gasteiger partial charge in [-0.05, 0) is 42.4 Å². The maximum Gasteiger partial charge on any atom is 0.490 e. The van der Waals surface area contributed by atoms with Crippen molar-refractivity contribution >= 4 is 11.9 Å². The number of nitrogens with one attached hydrogen (secondary N) is 2. The Bertz CT molecular complexity index is 711. The Morgan fingerprint density at radius 1 is 1.11 bits per heavy atom. The van der Waals surface area contributed by atoms with E-state index >= 15 is 0 Å². The van der Waals surface area contributed by atoms with Crippen LogP contribution in [0.15, 0.2) is 24.3 Å². The van der Waals surface area contributed by atoms with Crippen LogP contribution in [-0.2, 0) is 22.3 Å². The number of hydrogen-bond acceptors (Lipinski definition) is 3. The molecule has 2 fully saturated rings. The first-order valence-corrected chi connectivity index (χ1v) is 8.30. The first-order valence-electron chi connectivity index (χ1n) is 8.30. The number of carboxylic acid groups (broad SMARTS) is 1. The molecule has 28 heavy (non-hydrogen) atoms. The van der Waals surface area contributed by atoms with E-state index in [1.54, 1.807) is 0 Å². The number of carbonyl (C=O) groups excluding carboxylic acids is 1. The van der Waals surface area contributed by atoms with Crippen LogP contribution in [0.5, 0.6) is 0 Å². The summed E-state index contributed by atoms with van der Waals surface area (Å²) in [5, 5.41) is 13.1. The number of aliphatic carboxylic acids is 1. The van der Waals surface area contributed by atoms with Crippen molar-refractivity contribution < 1.29 is 41.0 Å². The van der Waals surface area contributed by atoms with Gasteiger partial charge in [0.15, 0.2) is 0 Å². The number of carboxylic acids is 1. The summed E-state index contributed by atoms with van der Waals surface area (Å²) >= 11 is 0. The number of benzene rings is 1. The number of hydrogen-bond donors (Lipinski definition) is 3. The van der Waals surface area contributed by atoms with E-state index in [1.165, 1.54) is 25.0 Å². The highest BCUT2D eigenvalue weighted by Gasteiger charge is 2.49. The average molecular weight is 412 g/mol. The highest BCUT2D eigenvalue weighted by molar-refractivity contribution is 5.82. The van der Waals surface area contributed by atoms with E-state index in [-0.39, 0.29) is 18.5 Å². The lowest BCUT2D eigenvalue weighted by Gasteiger charge is -2.12. The van der Waals surface area contributed by atoms with Crippen LogP contribution in [-0.4, -0.2) is 35.7 Å².